The molecule has 0 fully saturated rings. The fraction of sp³-hybridized carbons (Fsp3) is 0.238. The summed E-state index contributed by atoms with van der Waals surface area (Å²) in [6.07, 6.45) is 2.62. The molecule has 1 aliphatic heterocycles. The molecule has 0 saturated heterocycles. The van der Waals surface area contributed by atoms with E-state index < -0.39 is 17.7 Å². The molecule has 29 heavy (non-hydrogen) atoms. The summed E-state index contributed by atoms with van der Waals surface area (Å²) in [7, 11) is 0. The summed E-state index contributed by atoms with van der Waals surface area (Å²) in [5.74, 6) is -1.58. The molecular weight excluding hydrogens is 376 g/mol. The van der Waals surface area contributed by atoms with E-state index in [4.69, 9.17) is 0 Å². The number of carbonyl (C=O) groups is 1. The van der Waals surface area contributed by atoms with Gasteiger partial charge in [0.2, 0.25) is 5.91 Å². The molecule has 0 spiro atoms. The topological polar surface area (TPSA) is 63.4 Å². The lowest BCUT2D eigenvalue weighted by molar-refractivity contribution is -0.133. The summed E-state index contributed by atoms with van der Waals surface area (Å²) in [4.78, 5) is 14.2. The van der Waals surface area contributed by atoms with Crippen LogP contribution < -0.4 is 0 Å². The average molecular weight is 395 g/mol. The van der Waals surface area contributed by atoms with Crippen LogP contribution in [-0.4, -0.2) is 32.1 Å². The van der Waals surface area contributed by atoms with Gasteiger partial charge in [-0.2, -0.15) is 20.1 Å². The Morgan fingerprint density at radius 3 is 2.38 bits per heavy atom. The van der Waals surface area contributed by atoms with E-state index in [-0.39, 0.29) is 12.3 Å². The molecule has 0 radical (unpaired) electrons. The van der Waals surface area contributed by atoms with Crippen LogP contribution in [0.1, 0.15) is 30.9 Å². The highest BCUT2D eigenvalue weighted by molar-refractivity contribution is 5.80. The standard InChI is InChI=1S/C21H19F2N5O/c1-14(13-27-25-18-4-2-3-5-19(18)26-27)6-7-21(29)28-20(8-9-24-28)15-10-16(22)12-17(23)11-15/h2-5,9-12,20H,1,6-8,13H2. The lowest BCUT2D eigenvalue weighted by Gasteiger charge is -2.22. The highest BCUT2D eigenvalue weighted by Gasteiger charge is 2.28. The van der Waals surface area contributed by atoms with Crippen molar-refractivity contribution in [2.75, 3.05) is 0 Å². The Morgan fingerprint density at radius 1 is 1.07 bits per heavy atom. The van der Waals surface area contributed by atoms with Gasteiger partial charge in [-0.1, -0.05) is 24.3 Å². The van der Waals surface area contributed by atoms with E-state index in [1.807, 2.05) is 24.3 Å². The van der Waals surface area contributed by atoms with Gasteiger partial charge in [0.15, 0.2) is 0 Å². The van der Waals surface area contributed by atoms with Crippen molar-refractivity contribution in [3.8, 4) is 0 Å². The van der Waals surface area contributed by atoms with E-state index in [0.717, 1.165) is 22.7 Å². The molecule has 8 heteroatoms. The largest absolute Gasteiger partial charge is 0.273 e. The first-order valence-corrected chi connectivity index (χ1v) is 9.26. The number of hydrogen-bond acceptors (Lipinski definition) is 4. The maximum atomic E-state index is 13.5. The molecule has 1 atom stereocenters. The second-order valence-corrected chi connectivity index (χ2v) is 6.96. The number of hydrogen-bond donors (Lipinski definition) is 0. The Bertz CT molecular complexity index is 1050. The fourth-order valence-electron chi connectivity index (χ4n) is 3.35. The van der Waals surface area contributed by atoms with Crippen LogP contribution in [0.2, 0.25) is 0 Å². The Balaban J connectivity index is 1.36. The van der Waals surface area contributed by atoms with Crippen LogP contribution in [-0.2, 0) is 11.3 Å². The van der Waals surface area contributed by atoms with Crippen molar-refractivity contribution >= 4 is 23.2 Å². The molecule has 0 saturated carbocycles. The van der Waals surface area contributed by atoms with Crippen LogP contribution in [0.5, 0.6) is 0 Å². The molecule has 1 aliphatic rings. The molecule has 1 amide bonds. The number of allylic oxidation sites excluding steroid dienone is 1. The van der Waals surface area contributed by atoms with Crippen molar-refractivity contribution in [3.05, 3.63) is 71.8 Å². The van der Waals surface area contributed by atoms with Gasteiger partial charge in [0.25, 0.3) is 0 Å². The second-order valence-electron chi connectivity index (χ2n) is 6.96. The minimum Gasteiger partial charge on any atom is -0.273 e. The van der Waals surface area contributed by atoms with Crippen LogP contribution in [0.25, 0.3) is 11.0 Å². The zero-order valence-electron chi connectivity index (χ0n) is 15.6. The van der Waals surface area contributed by atoms with E-state index in [2.05, 4.69) is 21.9 Å². The van der Waals surface area contributed by atoms with Gasteiger partial charge in [-0.05, 0) is 36.2 Å². The zero-order valence-corrected chi connectivity index (χ0v) is 15.6. The predicted octanol–water partition coefficient (Wildman–Crippen LogP) is 4.01. The fourth-order valence-corrected chi connectivity index (χ4v) is 3.35. The number of nitrogens with zero attached hydrogens (tertiary/aromatic N) is 5. The molecule has 0 aliphatic carbocycles. The second kappa shape index (κ2) is 7.90. The van der Waals surface area contributed by atoms with Gasteiger partial charge in [-0.25, -0.2) is 13.8 Å². The first kappa shape index (κ1) is 18.9. The van der Waals surface area contributed by atoms with Gasteiger partial charge in [-0.3, -0.25) is 4.79 Å². The number of rotatable bonds is 6. The Kier molecular flexibility index (Phi) is 5.16. The molecular formula is C21H19F2N5O. The molecule has 4 rings (SSSR count). The summed E-state index contributed by atoms with van der Waals surface area (Å²) in [5.41, 5.74) is 2.79. The smallest absolute Gasteiger partial charge is 0.243 e. The maximum absolute atomic E-state index is 13.5. The third-order valence-electron chi connectivity index (χ3n) is 4.74. The summed E-state index contributed by atoms with van der Waals surface area (Å²) >= 11 is 0. The minimum absolute atomic E-state index is 0.186. The molecule has 6 nitrogen and oxygen atoms in total. The van der Waals surface area contributed by atoms with Gasteiger partial charge in [0, 0.05) is 25.1 Å². The van der Waals surface area contributed by atoms with Crippen LogP contribution >= 0.6 is 0 Å². The highest BCUT2D eigenvalue weighted by Crippen LogP contribution is 2.30. The number of amides is 1. The van der Waals surface area contributed by atoms with E-state index >= 15 is 0 Å². The Hall–Kier alpha value is -3.42. The molecule has 1 unspecified atom stereocenters. The Morgan fingerprint density at radius 2 is 1.72 bits per heavy atom. The van der Waals surface area contributed by atoms with Crippen molar-refractivity contribution in [2.24, 2.45) is 5.10 Å². The minimum atomic E-state index is -0.674. The third-order valence-corrected chi connectivity index (χ3v) is 4.74. The van der Waals surface area contributed by atoms with Gasteiger partial charge < -0.3 is 0 Å². The number of halogens is 2. The van der Waals surface area contributed by atoms with E-state index in [0.29, 0.717) is 24.9 Å². The van der Waals surface area contributed by atoms with Crippen LogP contribution in [0.15, 0.2) is 59.7 Å². The molecule has 148 valence electrons. The zero-order chi connectivity index (χ0) is 20.4. The van der Waals surface area contributed by atoms with Crippen molar-refractivity contribution in [1.29, 1.82) is 0 Å². The first-order valence-electron chi connectivity index (χ1n) is 9.26. The van der Waals surface area contributed by atoms with Crippen LogP contribution in [0, 0.1) is 11.6 Å². The van der Waals surface area contributed by atoms with Crippen molar-refractivity contribution in [2.45, 2.75) is 31.8 Å². The number of aromatic nitrogens is 3. The van der Waals surface area contributed by atoms with Crippen molar-refractivity contribution in [3.63, 3.8) is 0 Å². The van der Waals surface area contributed by atoms with E-state index in [1.54, 1.807) is 11.0 Å². The van der Waals surface area contributed by atoms with Crippen LogP contribution in [0.4, 0.5) is 8.78 Å². The predicted molar refractivity (Wildman–Crippen MR) is 105 cm³/mol. The number of benzene rings is 2. The van der Waals surface area contributed by atoms with E-state index in [1.165, 1.54) is 17.1 Å². The van der Waals surface area contributed by atoms with E-state index in [9.17, 15) is 13.6 Å². The van der Waals surface area contributed by atoms with Gasteiger partial charge in [0.1, 0.15) is 22.7 Å². The summed E-state index contributed by atoms with van der Waals surface area (Å²) in [5, 5.41) is 14.2. The molecule has 0 N–H and O–H groups in total. The van der Waals surface area contributed by atoms with Crippen LogP contribution in [0.3, 0.4) is 0 Å². The Labute approximate surface area is 166 Å². The highest BCUT2D eigenvalue weighted by atomic mass is 19.1. The third kappa shape index (κ3) is 4.21. The lowest BCUT2D eigenvalue weighted by Crippen LogP contribution is -2.27. The van der Waals surface area contributed by atoms with Crippen molar-refractivity contribution < 1.29 is 13.6 Å². The van der Waals surface area contributed by atoms with Gasteiger partial charge in [0.05, 0.1) is 12.6 Å². The molecule has 1 aromatic heterocycles. The van der Waals surface area contributed by atoms with Gasteiger partial charge >= 0.3 is 0 Å². The molecule has 2 aromatic carbocycles. The number of carbonyl (C=O) groups excluding carboxylic acids is 1. The summed E-state index contributed by atoms with van der Waals surface area (Å²) in [6, 6.07) is 10.3. The SMILES string of the molecule is C=C(CCC(=O)N1N=CCC1c1cc(F)cc(F)c1)Cn1nc2ccccc2n1. The molecule has 2 heterocycles. The lowest BCUT2D eigenvalue weighted by atomic mass is 10.0. The number of hydrazone groups is 1. The molecule has 0 bridgehead atoms. The quantitative estimate of drug-likeness (QED) is 0.593. The van der Waals surface area contributed by atoms with Crippen molar-refractivity contribution in [1.82, 2.24) is 20.0 Å². The number of fused-ring (bicyclic) bond motifs is 1. The van der Waals surface area contributed by atoms with Gasteiger partial charge in [-0.15, -0.1) is 0 Å². The summed E-state index contributed by atoms with van der Waals surface area (Å²) in [6.45, 7) is 4.42. The molecule has 3 aromatic rings. The maximum Gasteiger partial charge on any atom is 0.243 e. The summed E-state index contributed by atoms with van der Waals surface area (Å²) < 4.78 is 27.1. The first-order chi connectivity index (χ1) is 14.0. The average Bonchev–Trinajstić information content (AvgIpc) is 3.31. The normalized spacial score (nSPS) is 15.9. The monoisotopic (exact) mass is 395 g/mol.